The minimum Gasteiger partial charge on any atom is -0.341 e. The highest BCUT2D eigenvalue weighted by Gasteiger charge is 2.44. The number of carbonyl (C=O) groups excluding carboxylic acids is 2. The number of nitrogens with zero attached hydrogens (tertiary/aromatic N) is 2. The van der Waals surface area contributed by atoms with Crippen molar-refractivity contribution >= 4 is 11.8 Å². The van der Waals surface area contributed by atoms with Gasteiger partial charge in [-0.05, 0) is 25.7 Å². The predicted octanol–water partition coefficient (Wildman–Crippen LogP) is 0.598. The van der Waals surface area contributed by atoms with Gasteiger partial charge >= 0.3 is 0 Å². The summed E-state index contributed by atoms with van der Waals surface area (Å²) in [5.74, 6) is 0.707. The molecular formula is C15H25N3O2. The van der Waals surface area contributed by atoms with Crippen molar-refractivity contribution in [2.24, 2.45) is 5.92 Å². The molecule has 0 aliphatic carbocycles. The molecular weight excluding hydrogens is 254 g/mol. The molecule has 0 aromatic rings. The van der Waals surface area contributed by atoms with Gasteiger partial charge in [0.25, 0.3) is 0 Å². The zero-order valence-electron chi connectivity index (χ0n) is 12.3. The Morgan fingerprint density at radius 2 is 1.85 bits per heavy atom. The number of rotatable bonds is 2. The zero-order chi connectivity index (χ0) is 14.1. The van der Waals surface area contributed by atoms with Crippen LogP contribution in [0.15, 0.2) is 0 Å². The Bertz CT molecular complexity index is 399. The average molecular weight is 279 g/mol. The predicted molar refractivity (Wildman–Crippen MR) is 76.1 cm³/mol. The van der Waals surface area contributed by atoms with Gasteiger partial charge in [-0.1, -0.05) is 6.92 Å². The van der Waals surface area contributed by atoms with E-state index in [0.29, 0.717) is 37.5 Å². The lowest BCUT2D eigenvalue weighted by atomic mass is 9.88. The zero-order valence-corrected chi connectivity index (χ0v) is 12.3. The molecule has 3 fully saturated rings. The standard InChI is InChI=1S/C15H25N3O2/c1-2-14(19)17-6-3-7-18(9-8-17)15(20)12-10-11-4-5-13(12)16-11/h11-13,16H,2-10H2,1H3. The second-order valence-electron chi connectivity index (χ2n) is 6.30. The lowest BCUT2D eigenvalue weighted by Crippen LogP contribution is -2.43. The Labute approximate surface area is 120 Å². The Morgan fingerprint density at radius 1 is 1.10 bits per heavy atom. The topological polar surface area (TPSA) is 52.7 Å². The second-order valence-corrected chi connectivity index (χ2v) is 6.30. The van der Waals surface area contributed by atoms with Crippen molar-refractivity contribution in [3.05, 3.63) is 0 Å². The number of carbonyl (C=O) groups is 2. The Hall–Kier alpha value is -1.10. The normalized spacial score (nSPS) is 33.4. The van der Waals surface area contributed by atoms with E-state index in [9.17, 15) is 9.59 Å². The van der Waals surface area contributed by atoms with Crippen molar-refractivity contribution < 1.29 is 9.59 Å². The van der Waals surface area contributed by atoms with Gasteiger partial charge in [0.2, 0.25) is 11.8 Å². The molecule has 3 unspecified atom stereocenters. The third kappa shape index (κ3) is 2.55. The van der Waals surface area contributed by atoms with Crippen LogP contribution in [0.3, 0.4) is 0 Å². The van der Waals surface area contributed by atoms with Crippen LogP contribution < -0.4 is 5.32 Å². The Morgan fingerprint density at radius 3 is 2.50 bits per heavy atom. The van der Waals surface area contributed by atoms with E-state index < -0.39 is 0 Å². The van der Waals surface area contributed by atoms with Crippen LogP contribution in [0, 0.1) is 5.92 Å². The highest BCUT2D eigenvalue weighted by Crippen LogP contribution is 2.34. The van der Waals surface area contributed by atoms with Crippen LogP contribution in [0.5, 0.6) is 0 Å². The Balaban J connectivity index is 1.58. The summed E-state index contributed by atoms with van der Waals surface area (Å²) in [5.41, 5.74) is 0. The van der Waals surface area contributed by atoms with Crippen LogP contribution in [-0.4, -0.2) is 59.9 Å². The number of fused-ring (bicyclic) bond motifs is 2. The number of amides is 2. The molecule has 112 valence electrons. The van der Waals surface area contributed by atoms with Gasteiger partial charge in [0.05, 0.1) is 5.92 Å². The van der Waals surface area contributed by atoms with Gasteiger partial charge in [-0.25, -0.2) is 0 Å². The fraction of sp³-hybridized carbons (Fsp3) is 0.867. The first-order chi connectivity index (χ1) is 9.69. The van der Waals surface area contributed by atoms with Crippen LogP contribution in [-0.2, 0) is 9.59 Å². The first-order valence-electron chi connectivity index (χ1n) is 8.01. The lowest BCUT2D eigenvalue weighted by Gasteiger charge is -2.28. The third-order valence-electron chi connectivity index (χ3n) is 5.08. The quantitative estimate of drug-likeness (QED) is 0.805. The summed E-state index contributed by atoms with van der Waals surface area (Å²) in [6.07, 6.45) is 4.86. The van der Waals surface area contributed by atoms with Gasteiger partial charge in [-0.3, -0.25) is 9.59 Å². The van der Waals surface area contributed by atoms with Crippen molar-refractivity contribution in [2.75, 3.05) is 26.2 Å². The van der Waals surface area contributed by atoms with E-state index in [4.69, 9.17) is 0 Å². The summed E-state index contributed by atoms with van der Waals surface area (Å²) in [6, 6.07) is 0.975. The summed E-state index contributed by atoms with van der Waals surface area (Å²) >= 11 is 0. The maximum absolute atomic E-state index is 12.7. The summed E-state index contributed by atoms with van der Waals surface area (Å²) in [4.78, 5) is 28.3. The van der Waals surface area contributed by atoms with E-state index in [1.807, 2.05) is 16.7 Å². The summed E-state index contributed by atoms with van der Waals surface area (Å²) < 4.78 is 0. The van der Waals surface area contributed by atoms with Crippen LogP contribution in [0.2, 0.25) is 0 Å². The molecule has 0 aromatic carbocycles. The molecule has 0 spiro atoms. The largest absolute Gasteiger partial charge is 0.341 e. The minimum absolute atomic E-state index is 0.183. The average Bonchev–Trinajstić information content (AvgIpc) is 3.01. The molecule has 5 nitrogen and oxygen atoms in total. The van der Waals surface area contributed by atoms with Crippen molar-refractivity contribution in [1.29, 1.82) is 0 Å². The molecule has 3 aliphatic rings. The first kappa shape index (κ1) is 13.9. The SMILES string of the molecule is CCC(=O)N1CCCN(C(=O)C2CC3CCC2N3)CC1. The third-order valence-corrected chi connectivity index (χ3v) is 5.08. The molecule has 2 amide bonds. The van der Waals surface area contributed by atoms with Gasteiger partial charge in [0.15, 0.2) is 0 Å². The van der Waals surface area contributed by atoms with Gasteiger partial charge < -0.3 is 15.1 Å². The van der Waals surface area contributed by atoms with Gasteiger partial charge in [-0.15, -0.1) is 0 Å². The van der Waals surface area contributed by atoms with Gasteiger partial charge in [0.1, 0.15) is 0 Å². The van der Waals surface area contributed by atoms with Crippen LogP contribution in [0.25, 0.3) is 0 Å². The van der Waals surface area contributed by atoms with Crippen LogP contribution >= 0.6 is 0 Å². The first-order valence-corrected chi connectivity index (χ1v) is 8.01. The molecule has 0 saturated carbocycles. The van der Waals surface area contributed by atoms with Gasteiger partial charge in [-0.2, -0.15) is 0 Å². The molecule has 5 heteroatoms. The Kier molecular flexibility index (Phi) is 3.96. The molecule has 2 bridgehead atoms. The second kappa shape index (κ2) is 5.72. The molecule has 0 aromatic heterocycles. The van der Waals surface area contributed by atoms with E-state index >= 15 is 0 Å². The molecule has 20 heavy (non-hydrogen) atoms. The molecule has 1 N–H and O–H groups in total. The highest BCUT2D eigenvalue weighted by molar-refractivity contribution is 5.80. The van der Waals surface area contributed by atoms with Crippen molar-refractivity contribution in [3.8, 4) is 0 Å². The monoisotopic (exact) mass is 279 g/mol. The summed E-state index contributed by atoms with van der Waals surface area (Å²) in [6.45, 7) is 4.91. The van der Waals surface area contributed by atoms with Crippen molar-refractivity contribution in [1.82, 2.24) is 15.1 Å². The molecule has 3 heterocycles. The van der Waals surface area contributed by atoms with Gasteiger partial charge in [0, 0.05) is 44.7 Å². The van der Waals surface area contributed by atoms with Crippen LogP contribution in [0.1, 0.15) is 39.0 Å². The lowest BCUT2D eigenvalue weighted by molar-refractivity contribution is -0.137. The molecule has 3 saturated heterocycles. The number of hydrogen-bond acceptors (Lipinski definition) is 3. The van der Waals surface area contributed by atoms with Crippen LogP contribution in [0.4, 0.5) is 0 Å². The van der Waals surface area contributed by atoms with E-state index in [1.165, 1.54) is 6.42 Å². The van der Waals surface area contributed by atoms with Crippen molar-refractivity contribution in [2.45, 2.75) is 51.1 Å². The molecule has 3 atom stereocenters. The number of nitrogens with one attached hydrogen (secondary N) is 1. The maximum Gasteiger partial charge on any atom is 0.227 e. The molecule has 0 radical (unpaired) electrons. The fourth-order valence-corrected chi connectivity index (χ4v) is 3.94. The fourth-order valence-electron chi connectivity index (χ4n) is 3.94. The highest BCUT2D eigenvalue weighted by atomic mass is 16.2. The number of hydrogen-bond donors (Lipinski definition) is 1. The maximum atomic E-state index is 12.7. The van der Waals surface area contributed by atoms with E-state index in [1.54, 1.807) is 0 Å². The van der Waals surface area contributed by atoms with E-state index in [0.717, 1.165) is 32.4 Å². The van der Waals surface area contributed by atoms with Crippen molar-refractivity contribution in [3.63, 3.8) is 0 Å². The summed E-state index contributed by atoms with van der Waals surface area (Å²) in [7, 11) is 0. The minimum atomic E-state index is 0.183. The van der Waals surface area contributed by atoms with E-state index in [-0.39, 0.29) is 11.8 Å². The molecule has 3 aliphatic heterocycles. The smallest absolute Gasteiger partial charge is 0.227 e. The summed E-state index contributed by atoms with van der Waals surface area (Å²) in [5, 5.41) is 3.54. The van der Waals surface area contributed by atoms with E-state index in [2.05, 4.69) is 5.32 Å². The molecule has 3 rings (SSSR count).